The molecule has 0 saturated carbocycles. The molecule has 0 N–H and O–H groups in total. The molecule has 0 atom stereocenters. The number of pyridine rings is 1. The molecule has 4 nitrogen and oxygen atoms in total. The van der Waals surface area contributed by atoms with E-state index in [1.54, 1.807) is 0 Å². The Morgan fingerprint density at radius 3 is 1.96 bits per heavy atom. The van der Waals surface area contributed by atoms with Gasteiger partial charge in [-0.05, 0) is 29.8 Å². The van der Waals surface area contributed by atoms with Crippen molar-refractivity contribution in [3.8, 4) is 0 Å². The lowest BCUT2D eigenvalue weighted by molar-refractivity contribution is -0.138. The molecular formula is C17H13F6N3O. The molecule has 10 heteroatoms. The van der Waals surface area contributed by atoms with Gasteiger partial charge in [0.15, 0.2) is 0 Å². The zero-order valence-electron chi connectivity index (χ0n) is 13.7. The van der Waals surface area contributed by atoms with E-state index < -0.39 is 29.5 Å². The summed E-state index contributed by atoms with van der Waals surface area (Å²) in [6.07, 6.45) is -8.30. The van der Waals surface area contributed by atoms with Crippen molar-refractivity contribution in [2.45, 2.75) is 18.9 Å². The molecule has 1 aromatic heterocycles. The highest BCUT2D eigenvalue weighted by molar-refractivity contribution is 5.93. The molecular weight excluding hydrogens is 376 g/mol. The summed E-state index contributed by atoms with van der Waals surface area (Å²) >= 11 is 0. The average Bonchev–Trinajstić information content (AvgIpc) is 2.95. The van der Waals surface area contributed by atoms with Crippen LogP contribution in [0.15, 0.2) is 42.6 Å². The molecule has 1 aromatic carbocycles. The van der Waals surface area contributed by atoms with Gasteiger partial charge in [-0.3, -0.25) is 4.90 Å². The standard InChI is InChI=1S/C17H13F6N3O/c18-16(19,20)12-3-1-11(2-4-12)10-25-7-8-26(15(25)27)14-6-5-13(9-24-14)17(21,22)23/h1-6,9H,7-8,10H2. The molecule has 1 aliphatic rings. The molecule has 2 amide bonds. The van der Waals surface area contributed by atoms with Crippen LogP contribution in [-0.2, 0) is 18.9 Å². The van der Waals surface area contributed by atoms with Crippen LogP contribution in [0.3, 0.4) is 0 Å². The minimum absolute atomic E-state index is 0.0860. The van der Waals surface area contributed by atoms with Crippen LogP contribution in [0.1, 0.15) is 16.7 Å². The van der Waals surface area contributed by atoms with E-state index >= 15 is 0 Å². The van der Waals surface area contributed by atoms with Gasteiger partial charge in [0, 0.05) is 25.8 Å². The lowest BCUT2D eigenvalue weighted by Gasteiger charge is -2.18. The minimum Gasteiger partial charge on any atom is -0.318 e. The number of hydrogen-bond donors (Lipinski definition) is 0. The summed E-state index contributed by atoms with van der Waals surface area (Å²) < 4.78 is 75.5. The van der Waals surface area contributed by atoms with E-state index in [-0.39, 0.29) is 25.5 Å². The number of aromatic nitrogens is 1. The van der Waals surface area contributed by atoms with Gasteiger partial charge in [-0.1, -0.05) is 12.1 Å². The van der Waals surface area contributed by atoms with E-state index in [0.29, 0.717) is 11.8 Å². The largest absolute Gasteiger partial charge is 0.417 e. The Balaban J connectivity index is 1.68. The normalized spacial score (nSPS) is 15.6. The van der Waals surface area contributed by atoms with Gasteiger partial charge in [0.1, 0.15) is 5.82 Å². The Labute approximate surface area is 150 Å². The highest BCUT2D eigenvalue weighted by Gasteiger charge is 2.34. The van der Waals surface area contributed by atoms with Gasteiger partial charge in [0.05, 0.1) is 11.1 Å². The van der Waals surface area contributed by atoms with E-state index in [1.165, 1.54) is 21.9 Å². The van der Waals surface area contributed by atoms with Gasteiger partial charge in [0.25, 0.3) is 0 Å². The van der Waals surface area contributed by atoms with Crippen molar-refractivity contribution in [1.82, 2.24) is 9.88 Å². The quantitative estimate of drug-likeness (QED) is 0.722. The van der Waals surface area contributed by atoms with Crippen LogP contribution in [0.4, 0.5) is 37.0 Å². The smallest absolute Gasteiger partial charge is 0.318 e. The number of benzene rings is 1. The van der Waals surface area contributed by atoms with Gasteiger partial charge in [-0.2, -0.15) is 26.3 Å². The lowest BCUT2D eigenvalue weighted by Crippen LogP contribution is -2.32. The Hall–Kier alpha value is -2.78. The van der Waals surface area contributed by atoms with Gasteiger partial charge >= 0.3 is 18.4 Å². The fourth-order valence-electron chi connectivity index (χ4n) is 2.67. The van der Waals surface area contributed by atoms with Crippen LogP contribution >= 0.6 is 0 Å². The first kappa shape index (κ1) is 19.0. The monoisotopic (exact) mass is 389 g/mol. The van der Waals surface area contributed by atoms with Gasteiger partial charge < -0.3 is 4.90 Å². The molecule has 0 spiro atoms. The minimum atomic E-state index is -4.52. The molecule has 1 fully saturated rings. The van der Waals surface area contributed by atoms with Crippen molar-refractivity contribution in [1.29, 1.82) is 0 Å². The van der Waals surface area contributed by atoms with E-state index in [0.717, 1.165) is 24.3 Å². The number of hydrogen-bond acceptors (Lipinski definition) is 2. The number of amides is 2. The Morgan fingerprint density at radius 1 is 0.852 bits per heavy atom. The second-order valence-electron chi connectivity index (χ2n) is 5.95. The van der Waals surface area contributed by atoms with E-state index in [4.69, 9.17) is 0 Å². The van der Waals surface area contributed by atoms with E-state index in [2.05, 4.69) is 4.98 Å². The molecule has 3 rings (SSSR count). The maximum Gasteiger partial charge on any atom is 0.417 e. The summed E-state index contributed by atoms with van der Waals surface area (Å²) in [6, 6.07) is 5.93. The lowest BCUT2D eigenvalue weighted by atomic mass is 10.1. The first-order chi connectivity index (χ1) is 12.6. The van der Waals surface area contributed by atoms with Gasteiger partial charge in [0.2, 0.25) is 0 Å². The summed E-state index contributed by atoms with van der Waals surface area (Å²) in [5, 5.41) is 0. The number of alkyl halides is 6. The third kappa shape index (κ3) is 4.15. The number of anilines is 1. The predicted octanol–water partition coefficient (Wildman–Crippen LogP) is 4.56. The SMILES string of the molecule is O=C1N(Cc2ccc(C(F)(F)F)cc2)CCN1c1ccc(C(F)(F)F)cn1. The van der Waals surface area contributed by atoms with Gasteiger partial charge in [-0.15, -0.1) is 0 Å². The molecule has 0 aliphatic carbocycles. The topological polar surface area (TPSA) is 36.4 Å². The van der Waals surface area contributed by atoms with Crippen molar-refractivity contribution in [3.05, 3.63) is 59.3 Å². The van der Waals surface area contributed by atoms with Crippen LogP contribution in [0.2, 0.25) is 0 Å². The zero-order valence-corrected chi connectivity index (χ0v) is 13.7. The maximum absolute atomic E-state index is 12.6. The number of rotatable bonds is 3. The fourth-order valence-corrected chi connectivity index (χ4v) is 2.67. The maximum atomic E-state index is 12.6. The number of nitrogens with zero attached hydrogens (tertiary/aromatic N) is 3. The second kappa shape index (κ2) is 6.75. The Kier molecular flexibility index (Phi) is 4.75. The van der Waals surface area contributed by atoms with Crippen molar-refractivity contribution in [2.24, 2.45) is 0 Å². The first-order valence-corrected chi connectivity index (χ1v) is 7.81. The van der Waals surface area contributed by atoms with Crippen LogP contribution < -0.4 is 4.90 Å². The zero-order chi connectivity index (χ0) is 19.8. The summed E-state index contributed by atoms with van der Waals surface area (Å²) in [5.41, 5.74) is -1.19. The molecule has 144 valence electrons. The Bertz CT molecular complexity index is 815. The van der Waals surface area contributed by atoms with Gasteiger partial charge in [-0.25, -0.2) is 9.78 Å². The number of halogens is 6. The molecule has 1 saturated heterocycles. The summed E-state index contributed by atoms with van der Waals surface area (Å²) in [6.45, 7) is 0.592. The number of carbonyl (C=O) groups is 1. The molecule has 0 bridgehead atoms. The fraction of sp³-hybridized carbons (Fsp3) is 0.294. The van der Waals surface area contributed by atoms with Crippen LogP contribution in [-0.4, -0.2) is 29.0 Å². The van der Waals surface area contributed by atoms with E-state index in [9.17, 15) is 31.1 Å². The molecule has 2 heterocycles. The van der Waals surface area contributed by atoms with E-state index in [1.807, 2.05) is 0 Å². The number of urea groups is 1. The number of carbonyl (C=O) groups excluding carboxylic acids is 1. The Morgan fingerprint density at radius 2 is 1.44 bits per heavy atom. The highest BCUT2D eigenvalue weighted by Crippen LogP contribution is 2.31. The average molecular weight is 389 g/mol. The summed E-state index contributed by atoms with van der Waals surface area (Å²) in [5.74, 6) is 0.0860. The van der Waals surface area contributed by atoms with Crippen molar-refractivity contribution in [2.75, 3.05) is 18.0 Å². The third-order valence-electron chi connectivity index (χ3n) is 4.10. The molecule has 1 aliphatic heterocycles. The summed E-state index contributed by atoms with van der Waals surface area (Å²) in [4.78, 5) is 18.7. The van der Waals surface area contributed by atoms with Crippen LogP contribution in [0, 0.1) is 0 Å². The first-order valence-electron chi connectivity index (χ1n) is 7.81. The predicted molar refractivity (Wildman–Crippen MR) is 83.8 cm³/mol. The van der Waals surface area contributed by atoms with Crippen LogP contribution in [0.25, 0.3) is 0 Å². The second-order valence-corrected chi connectivity index (χ2v) is 5.95. The highest BCUT2D eigenvalue weighted by atomic mass is 19.4. The molecule has 27 heavy (non-hydrogen) atoms. The van der Waals surface area contributed by atoms with Crippen molar-refractivity contribution in [3.63, 3.8) is 0 Å². The van der Waals surface area contributed by atoms with Crippen LogP contribution in [0.5, 0.6) is 0 Å². The van der Waals surface area contributed by atoms with Crippen molar-refractivity contribution >= 4 is 11.8 Å². The molecule has 0 unspecified atom stereocenters. The third-order valence-corrected chi connectivity index (χ3v) is 4.10. The molecule has 0 radical (unpaired) electrons. The van der Waals surface area contributed by atoms with Crippen molar-refractivity contribution < 1.29 is 31.1 Å². The molecule has 2 aromatic rings. The summed E-state index contributed by atoms with van der Waals surface area (Å²) in [7, 11) is 0.